The van der Waals surface area contributed by atoms with Gasteiger partial charge in [-0.15, -0.1) is 0 Å². The third-order valence-electron chi connectivity index (χ3n) is 4.95. The summed E-state index contributed by atoms with van der Waals surface area (Å²) in [6.07, 6.45) is 0.921. The van der Waals surface area contributed by atoms with Gasteiger partial charge in [0.05, 0.1) is 30.0 Å². The van der Waals surface area contributed by atoms with Gasteiger partial charge in [0, 0.05) is 23.6 Å². The number of morpholine rings is 1. The average Bonchev–Trinajstić information content (AvgIpc) is 3.15. The summed E-state index contributed by atoms with van der Waals surface area (Å²) in [5.41, 5.74) is 1.55. The Balaban J connectivity index is 1.55. The third-order valence-corrected chi connectivity index (χ3v) is 6.22. The second-order valence-corrected chi connectivity index (χ2v) is 8.34. The number of ether oxygens (including phenoxy) is 1. The Bertz CT molecular complexity index is 941. The number of benzene rings is 2. The summed E-state index contributed by atoms with van der Waals surface area (Å²) in [5, 5.41) is 1.41. The van der Waals surface area contributed by atoms with Crippen LogP contribution in [0.15, 0.2) is 48.5 Å². The van der Waals surface area contributed by atoms with Crippen molar-refractivity contribution < 1.29 is 14.4 Å². The number of amides is 1. The number of fused-ring (bicyclic) bond motifs is 1. The first-order valence-corrected chi connectivity index (χ1v) is 10.7. The van der Waals surface area contributed by atoms with Crippen molar-refractivity contribution in [3.8, 4) is 0 Å². The maximum Gasteiger partial charge on any atom is 0.260 e. The van der Waals surface area contributed by atoms with Crippen molar-refractivity contribution in [2.45, 2.75) is 6.42 Å². The molecule has 0 spiro atoms. The monoisotopic (exact) mass is 416 g/mol. The second kappa shape index (κ2) is 9.01. The van der Waals surface area contributed by atoms with Gasteiger partial charge < -0.3 is 9.64 Å². The van der Waals surface area contributed by atoms with Crippen molar-refractivity contribution in [1.82, 2.24) is 4.98 Å². The van der Waals surface area contributed by atoms with Crippen molar-refractivity contribution in [3.05, 3.63) is 59.1 Å². The lowest BCUT2D eigenvalue weighted by Crippen LogP contribution is -3.14. The quantitative estimate of drug-likeness (QED) is 0.672. The van der Waals surface area contributed by atoms with E-state index in [9.17, 15) is 4.79 Å². The van der Waals surface area contributed by atoms with Gasteiger partial charge in [-0.25, -0.2) is 4.98 Å². The fourth-order valence-corrected chi connectivity index (χ4v) is 4.69. The molecule has 0 bridgehead atoms. The van der Waals surface area contributed by atoms with E-state index < -0.39 is 0 Å². The highest BCUT2D eigenvalue weighted by Crippen LogP contribution is 2.31. The van der Waals surface area contributed by atoms with Gasteiger partial charge >= 0.3 is 0 Å². The van der Waals surface area contributed by atoms with Crippen LogP contribution < -0.4 is 9.80 Å². The number of hydrogen-bond donors (Lipinski definition) is 1. The minimum atomic E-state index is -0.0114. The second-order valence-electron chi connectivity index (χ2n) is 6.90. The van der Waals surface area contributed by atoms with Crippen LogP contribution in [-0.2, 0) is 4.74 Å². The van der Waals surface area contributed by atoms with Crippen molar-refractivity contribution in [2.24, 2.45) is 0 Å². The van der Waals surface area contributed by atoms with E-state index in [4.69, 9.17) is 21.3 Å². The van der Waals surface area contributed by atoms with Gasteiger partial charge in [0.2, 0.25) is 0 Å². The number of aromatic nitrogens is 1. The van der Waals surface area contributed by atoms with Crippen LogP contribution in [0.2, 0.25) is 5.02 Å². The molecule has 146 valence electrons. The summed E-state index contributed by atoms with van der Waals surface area (Å²) in [6.45, 7) is 5.38. The molecule has 2 aromatic carbocycles. The molecule has 0 atom stereocenters. The van der Waals surface area contributed by atoms with E-state index >= 15 is 0 Å². The summed E-state index contributed by atoms with van der Waals surface area (Å²) in [5.74, 6) is -0.0114. The number of thiazole rings is 1. The molecule has 1 fully saturated rings. The molecule has 28 heavy (non-hydrogen) atoms. The Labute approximate surface area is 173 Å². The molecule has 4 rings (SSSR count). The predicted octanol–water partition coefficient (Wildman–Crippen LogP) is 2.90. The lowest BCUT2D eigenvalue weighted by molar-refractivity contribution is -0.908. The molecule has 5 nitrogen and oxygen atoms in total. The van der Waals surface area contributed by atoms with E-state index in [1.54, 1.807) is 0 Å². The zero-order valence-corrected chi connectivity index (χ0v) is 17.1. The summed E-state index contributed by atoms with van der Waals surface area (Å²) in [6, 6.07) is 15.0. The average molecular weight is 417 g/mol. The first-order valence-electron chi connectivity index (χ1n) is 9.55. The number of carbonyl (C=O) groups is 1. The SMILES string of the molecule is O=C(c1ccccc1)N(CCC[NH+]1CCOCC1)c1nc2ccc(Cl)cc2s1. The normalized spacial score (nSPS) is 15.0. The van der Waals surface area contributed by atoms with Crippen LogP contribution in [0.5, 0.6) is 0 Å². The van der Waals surface area contributed by atoms with Crippen molar-refractivity contribution >= 4 is 44.2 Å². The van der Waals surface area contributed by atoms with E-state index in [1.165, 1.54) is 16.2 Å². The molecule has 3 aromatic rings. The highest BCUT2D eigenvalue weighted by molar-refractivity contribution is 7.22. The molecule has 0 unspecified atom stereocenters. The van der Waals surface area contributed by atoms with Crippen LogP contribution in [0.3, 0.4) is 0 Å². The van der Waals surface area contributed by atoms with Crippen LogP contribution >= 0.6 is 22.9 Å². The molecular formula is C21H23ClN3O2S+. The lowest BCUT2D eigenvalue weighted by Gasteiger charge is -2.25. The van der Waals surface area contributed by atoms with Crippen LogP contribution in [0.4, 0.5) is 5.13 Å². The number of nitrogens with zero attached hydrogens (tertiary/aromatic N) is 2. The van der Waals surface area contributed by atoms with E-state index in [0.29, 0.717) is 17.1 Å². The highest BCUT2D eigenvalue weighted by atomic mass is 35.5. The molecule has 0 radical (unpaired) electrons. The van der Waals surface area contributed by atoms with Crippen molar-refractivity contribution in [2.75, 3.05) is 44.3 Å². The fourth-order valence-electron chi connectivity index (χ4n) is 3.42. The number of halogens is 1. The number of quaternary nitrogens is 1. The van der Waals surface area contributed by atoms with Crippen LogP contribution in [-0.4, -0.2) is 50.3 Å². The molecule has 1 aromatic heterocycles. The van der Waals surface area contributed by atoms with Crippen LogP contribution in [0.1, 0.15) is 16.8 Å². The predicted molar refractivity (Wildman–Crippen MR) is 114 cm³/mol. The summed E-state index contributed by atoms with van der Waals surface area (Å²) in [4.78, 5) is 21.3. The minimum absolute atomic E-state index is 0.0114. The Kier molecular flexibility index (Phi) is 6.22. The summed E-state index contributed by atoms with van der Waals surface area (Å²) in [7, 11) is 0. The molecule has 1 amide bonds. The Morgan fingerprint density at radius 2 is 1.96 bits per heavy atom. The zero-order valence-electron chi connectivity index (χ0n) is 15.6. The first kappa shape index (κ1) is 19.3. The molecule has 1 aliphatic heterocycles. The summed E-state index contributed by atoms with van der Waals surface area (Å²) >= 11 is 7.63. The van der Waals surface area contributed by atoms with Crippen LogP contribution in [0.25, 0.3) is 10.2 Å². The first-order chi connectivity index (χ1) is 13.7. The molecule has 1 aliphatic rings. The van der Waals surface area contributed by atoms with Gasteiger partial charge in [0.15, 0.2) is 5.13 Å². The van der Waals surface area contributed by atoms with Gasteiger partial charge in [0.1, 0.15) is 13.1 Å². The van der Waals surface area contributed by atoms with Crippen LogP contribution in [0, 0.1) is 0 Å². The topological polar surface area (TPSA) is 46.9 Å². The number of nitrogens with one attached hydrogen (secondary N) is 1. The van der Waals surface area contributed by atoms with Gasteiger partial charge in [-0.1, -0.05) is 41.1 Å². The van der Waals surface area contributed by atoms with E-state index in [1.807, 2.05) is 53.4 Å². The Hall–Kier alpha value is -1.99. The molecular weight excluding hydrogens is 394 g/mol. The number of hydrogen-bond acceptors (Lipinski definition) is 4. The van der Waals surface area contributed by atoms with Gasteiger partial charge in [0.25, 0.3) is 5.91 Å². The molecule has 0 aliphatic carbocycles. The van der Waals surface area contributed by atoms with Crippen molar-refractivity contribution in [1.29, 1.82) is 0 Å². The Morgan fingerprint density at radius 3 is 2.75 bits per heavy atom. The van der Waals surface area contributed by atoms with Crippen molar-refractivity contribution in [3.63, 3.8) is 0 Å². The number of rotatable bonds is 6. The maximum atomic E-state index is 13.2. The fraction of sp³-hybridized carbons (Fsp3) is 0.333. The van der Waals surface area contributed by atoms with Gasteiger partial charge in [-0.2, -0.15) is 0 Å². The Morgan fingerprint density at radius 1 is 1.18 bits per heavy atom. The molecule has 1 saturated heterocycles. The number of anilines is 1. The molecule has 0 saturated carbocycles. The molecule has 1 N–H and O–H groups in total. The largest absolute Gasteiger partial charge is 0.370 e. The third kappa shape index (κ3) is 4.52. The lowest BCUT2D eigenvalue weighted by atomic mass is 10.2. The number of carbonyl (C=O) groups excluding carboxylic acids is 1. The summed E-state index contributed by atoms with van der Waals surface area (Å²) < 4.78 is 6.42. The smallest absolute Gasteiger partial charge is 0.260 e. The standard InChI is InChI=1S/C21H22ClN3O2S/c22-17-7-8-18-19(15-17)28-21(23-18)25(20(26)16-5-2-1-3-6-16)10-4-9-24-11-13-27-14-12-24/h1-3,5-8,15H,4,9-14H2/p+1. The van der Waals surface area contributed by atoms with E-state index in [2.05, 4.69) is 0 Å². The highest BCUT2D eigenvalue weighted by Gasteiger charge is 2.22. The van der Waals surface area contributed by atoms with Gasteiger partial charge in [-0.05, 0) is 30.3 Å². The minimum Gasteiger partial charge on any atom is -0.370 e. The molecule has 7 heteroatoms. The maximum absolute atomic E-state index is 13.2. The van der Waals surface area contributed by atoms with Gasteiger partial charge in [-0.3, -0.25) is 9.69 Å². The van der Waals surface area contributed by atoms with E-state index in [0.717, 1.165) is 54.6 Å². The van der Waals surface area contributed by atoms with E-state index in [-0.39, 0.29) is 5.91 Å². The molecule has 2 heterocycles. The zero-order chi connectivity index (χ0) is 19.3.